The Kier molecular flexibility index (Phi) is 4.42. The Labute approximate surface area is 117 Å². The molecule has 1 aliphatic rings. The topological polar surface area (TPSA) is 76.4 Å². The fraction of sp³-hybridized carbons (Fsp3) is 0.462. The van der Waals surface area contributed by atoms with Crippen molar-refractivity contribution in [1.82, 2.24) is 0 Å². The molecule has 0 spiro atoms. The quantitative estimate of drug-likeness (QED) is 0.721. The molecule has 0 radical (unpaired) electrons. The molecule has 1 unspecified atom stereocenters. The Balaban J connectivity index is 2.12. The molecule has 1 aromatic rings. The molecular weight excluding hydrogens is 262 g/mol. The molecule has 0 bridgehead atoms. The van der Waals surface area contributed by atoms with Crippen LogP contribution in [0.3, 0.4) is 0 Å². The van der Waals surface area contributed by atoms with E-state index in [4.69, 9.17) is 10.5 Å². The van der Waals surface area contributed by atoms with Crippen LogP contribution < -0.4 is 21.1 Å². The highest BCUT2D eigenvalue weighted by Gasteiger charge is 2.18. The summed E-state index contributed by atoms with van der Waals surface area (Å²) in [4.78, 5) is 11.3. The molecule has 1 heterocycles. The second-order valence-corrected chi connectivity index (χ2v) is 5.80. The molecule has 1 aliphatic heterocycles. The number of carbonyl (C=O) groups excluding carboxylic acids is 1. The summed E-state index contributed by atoms with van der Waals surface area (Å²) >= 11 is 1.87. The SMILES string of the molecule is CCSCC(C)Nc1cc2c(cc1N)OCC(=O)N2. The minimum atomic E-state index is -0.141. The minimum Gasteiger partial charge on any atom is -0.482 e. The van der Waals surface area contributed by atoms with Gasteiger partial charge in [0.2, 0.25) is 0 Å². The summed E-state index contributed by atoms with van der Waals surface area (Å²) in [5.74, 6) is 2.59. The largest absolute Gasteiger partial charge is 0.482 e. The number of hydrogen-bond donors (Lipinski definition) is 3. The maximum absolute atomic E-state index is 11.3. The van der Waals surface area contributed by atoms with Gasteiger partial charge >= 0.3 is 0 Å². The molecule has 0 fully saturated rings. The van der Waals surface area contributed by atoms with Crippen molar-refractivity contribution in [2.24, 2.45) is 0 Å². The van der Waals surface area contributed by atoms with E-state index in [9.17, 15) is 4.79 Å². The number of nitrogens with one attached hydrogen (secondary N) is 2. The Morgan fingerprint density at radius 3 is 3.11 bits per heavy atom. The zero-order chi connectivity index (χ0) is 13.8. The summed E-state index contributed by atoms with van der Waals surface area (Å²) < 4.78 is 5.32. The number of nitrogens with two attached hydrogens (primary N) is 1. The molecular formula is C13H19N3O2S. The number of amides is 1. The van der Waals surface area contributed by atoms with E-state index in [0.29, 0.717) is 23.2 Å². The van der Waals surface area contributed by atoms with Crippen LogP contribution in [0.5, 0.6) is 5.75 Å². The molecule has 0 aromatic heterocycles. The highest BCUT2D eigenvalue weighted by atomic mass is 32.2. The first kappa shape index (κ1) is 13.9. The highest BCUT2D eigenvalue weighted by Crippen LogP contribution is 2.35. The predicted octanol–water partition coefficient (Wildman–Crippen LogP) is 2.15. The molecule has 4 N–H and O–H groups in total. The first-order chi connectivity index (χ1) is 9.10. The first-order valence-corrected chi connectivity index (χ1v) is 7.46. The predicted molar refractivity (Wildman–Crippen MR) is 81.1 cm³/mol. The molecule has 0 aliphatic carbocycles. The van der Waals surface area contributed by atoms with Crippen LogP contribution in [0.1, 0.15) is 13.8 Å². The summed E-state index contributed by atoms with van der Waals surface area (Å²) in [6.45, 7) is 4.29. The Hall–Kier alpha value is -1.56. The zero-order valence-electron chi connectivity index (χ0n) is 11.2. The van der Waals surface area contributed by atoms with Crippen LogP contribution in [0.25, 0.3) is 0 Å². The van der Waals surface area contributed by atoms with Crippen molar-refractivity contribution in [1.29, 1.82) is 0 Å². The van der Waals surface area contributed by atoms with Crippen LogP contribution in [-0.2, 0) is 4.79 Å². The molecule has 0 saturated carbocycles. The minimum absolute atomic E-state index is 0.0444. The number of carbonyl (C=O) groups is 1. The van der Waals surface area contributed by atoms with Crippen molar-refractivity contribution in [2.45, 2.75) is 19.9 Å². The molecule has 2 rings (SSSR count). The first-order valence-electron chi connectivity index (χ1n) is 6.30. The summed E-state index contributed by atoms with van der Waals surface area (Å²) in [6, 6.07) is 3.89. The van der Waals surface area contributed by atoms with Crippen molar-refractivity contribution >= 4 is 34.7 Å². The maximum Gasteiger partial charge on any atom is 0.262 e. The van der Waals surface area contributed by atoms with E-state index in [1.807, 2.05) is 17.8 Å². The molecule has 1 amide bonds. The van der Waals surface area contributed by atoms with E-state index in [2.05, 4.69) is 24.5 Å². The number of nitrogen functional groups attached to an aromatic ring is 1. The molecule has 5 nitrogen and oxygen atoms in total. The van der Waals surface area contributed by atoms with Crippen molar-refractivity contribution in [3.8, 4) is 5.75 Å². The van der Waals surface area contributed by atoms with Crippen molar-refractivity contribution in [3.05, 3.63) is 12.1 Å². The lowest BCUT2D eigenvalue weighted by Crippen LogP contribution is -2.26. The number of anilines is 3. The summed E-state index contributed by atoms with van der Waals surface area (Å²) in [7, 11) is 0. The second kappa shape index (κ2) is 6.06. The standard InChI is InChI=1S/C13H19N3O2S/c1-3-19-7-8(2)15-10-5-11-12(4-9(10)14)18-6-13(17)16-11/h4-5,8,15H,3,6-7,14H2,1-2H3,(H,16,17). The number of benzene rings is 1. The molecule has 1 atom stereocenters. The Morgan fingerprint density at radius 2 is 2.37 bits per heavy atom. The van der Waals surface area contributed by atoms with E-state index in [0.717, 1.165) is 17.2 Å². The fourth-order valence-electron chi connectivity index (χ4n) is 1.87. The van der Waals surface area contributed by atoms with Crippen LogP contribution >= 0.6 is 11.8 Å². The van der Waals surface area contributed by atoms with E-state index in [-0.39, 0.29) is 12.5 Å². The average molecular weight is 281 g/mol. The van der Waals surface area contributed by atoms with Crippen LogP contribution in [0.4, 0.5) is 17.1 Å². The summed E-state index contributed by atoms with van der Waals surface area (Å²) in [5, 5.41) is 6.14. The van der Waals surface area contributed by atoms with Gasteiger partial charge in [-0.15, -0.1) is 0 Å². The van der Waals surface area contributed by atoms with Gasteiger partial charge < -0.3 is 21.1 Å². The maximum atomic E-state index is 11.3. The van der Waals surface area contributed by atoms with E-state index in [1.54, 1.807) is 6.07 Å². The Bertz CT molecular complexity index is 479. The van der Waals surface area contributed by atoms with Crippen molar-refractivity contribution < 1.29 is 9.53 Å². The Morgan fingerprint density at radius 1 is 1.58 bits per heavy atom. The number of fused-ring (bicyclic) bond motifs is 1. The van der Waals surface area contributed by atoms with Gasteiger partial charge in [0.05, 0.1) is 17.1 Å². The zero-order valence-corrected chi connectivity index (χ0v) is 12.0. The molecule has 1 aromatic carbocycles. The van der Waals surface area contributed by atoms with Gasteiger partial charge in [-0.25, -0.2) is 0 Å². The van der Waals surface area contributed by atoms with Gasteiger partial charge in [-0.3, -0.25) is 4.79 Å². The molecule has 6 heteroatoms. The summed E-state index contributed by atoms with van der Waals surface area (Å²) in [5.41, 5.74) is 8.12. The molecule has 0 saturated heterocycles. The lowest BCUT2D eigenvalue weighted by molar-refractivity contribution is -0.118. The van der Waals surface area contributed by atoms with Gasteiger partial charge in [0, 0.05) is 17.9 Å². The van der Waals surface area contributed by atoms with E-state index in [1.165, 1.54) is 0 Å². The number of hydrogen-bond acceptors (Lipinski definition) is 5. The number of rotatable bonds is 5. The monoisotopic (exact) mass is 281 g/mol. The normalized spacial score (nSPS) is 15.2. The number of thioether (sulfide) groups is 1. The third-order valence-corrected chi connectivity index (χ3v) is 3.90. The fourth-order valence-corrected chi connectivity index (χ4v) is 2.54. The molecule has 19 heavy (non-hydrogen) atoms. The van der Waals surface area contributed by atoms with Gasteiger partial charge in [-0.05, 0) is 18.7 Å². The average Bonchev–Trinajstić information content (AvgIpc) is 2.38. The van der Waals surface area contributed by atoms with Crippen molar-refractivity contribution in [3.63, 3.8) is 0 Å². The molecule has 104 valence electrons. The van der Waals surface area contributed by atoms with Crippen LogP contribution in [0.15, 0.2) is 12.1 Å². The lowest BCUT2D eigenvalue weighted by atomic mass is 10.2. The number of ether oxygens (including phenoxy) is 1. The van der Waals surface area contributed by atoms with Crippen molar-refractivity contribution in [2.75, 3.05) is 34.5 Å². The lowest BCUT2D eigenvalue weighted by Gasteiger charge is -2.22. The van der Waals surface area contributed by atoms with Gasteiger partial charge in [0.25, 0.3) is 5.91 Å². The van der Waals surface area contributed by atoms with Crippen LogP contribution in [0, 0.1) is 0 Å². The van der Waals surface area contributed by atoms with Gasteiger partial charge in [0.1, 0.15) is 5.75 Å². The second-order valence-electron chi connectivity index (χ2n) is 4.48. The van der Waals surface area contributed by atoms with Crippen LogP contribution in [0.2, 0.25) is 0 Å². The van der Waals surface area contributed by atoms with E-state index >= 15 is 0 Å². The summed E-state index contributed by atoms with van der Waals surface area (Å²) in [6.07, 6.45) is 0. The van der Waals surface area contributed by atoms with Gasteiger partial charge in [-0.1, -0.05) is 6.92 Å². The van der Waals surface area contributed by atoms with Gasteiger partial charge in [-0.2, -0.15) is 11.8 Å². The highest BCUT2D eigenvalue weighted by molar-refractivity contribution is 7.99. The third kappa shape index (κ3) is 3.47. The third-order valence-electron chi connectivity index (χ3n) is 2.76. The van der Waals surface area contributed by atoms with E-state index < -0.39 is 0 Å². The van der Waals surface area contributed by atoms with Crippen LogP contribution in [-0.4, -0.2) is 30.1 Å². The van der Waals surface area contributed by atoms with Gasteiger partial charge in [0.15, 0.2) is 6.61 Å². The smallest absolute Gasteiger partial charge is 0.262 e.